The van der Waals surface area contributed by atoms with Gasteiger partial charge >= 0.3 is 0 Å². The molecule has 0 saturated heterocycles. The molecule has 0 atom stereocenters. The molecule has 13 heavy (non-hydrogen) atoms. The first-order valence-electron chi connectivity index (χ1n) is 5.16. The normalized spacial score (nSPS) is 13.8. The van der Waals surface area contributed by atoms with E-state index in [2.05, 4.69) is 45.7 Å². The molecule has 3 heteroatoms. The molecule has 0 bridgehead atoms. The molecule has 0 saturated carbocycles. The molecule has 0 aliphatic carbocycles. The Bertz CT molecular complexity index is 147. The third-order valence-electron chi connectivity index (χ3n) is 3.12. The Morgan fingerprint density at radius 2 is 1.54 bits per heavy atom. The van der Waals surface area contributed by atoms with E-state index < -0.39 is 8.07 Å². The van der Waals surface area contributed by atoms with E-state index in [0.29, 0.717) is 0 Å². The summed E-state index contributed by atoms with van der Waals surface area (Å²) >= 11 is 6.42. The van der Waals surface area contributed by atoms with Crippen LogP contribution in [0.5, 0.6) is 0 Å². The fourth-order valence-electron chi connectivity index (χ4n) is 1.19. The molecule has 0 aliphatic rings. The molecule has 0 heterocycles. The predicted molar refractivity (Wildman–Crippen MR) is 65.2 cm³/mol. The molecular weight excluding hydrogens is 198 g/mol. The second-order valence-corrected chi connectivity index (χ2v) is 11.4. The quantitative estimate of drug-likeness (QED) is 0.510. The first kappa shape index (κ1) is 13.5. The Hall–Kier alpha value is 0.467. The molecule has 0 aliphatic heterocycles. The van der Waals surface area contributed by atoms with Gasteiger partial charge in [0.2, 0.25) is 0 Å². The van der Waals surface area contributed by atoms with Crippen LogP contribution in [0.15, 0.2) is 0 Å². The van der Waals surface area contributed by atoms with E-state index in [-0.39, 0.29) is 4.50 Å². The lowest BCUT2D eigenvalue weighted by molar-refractivity contribution is 0.345. The van der Waals surface area contributed by atoms with Crippen LogP contribution in [0.3, 0.4) is 0 Å². The van der Waals surface area contributed by atoms with Gasteiger partial charge < -0.3 is 4.90 Å². The van der Waals surface area contributed by atoms with E-state index in [1.54, 1.807) is 0 Å². The molecule has 0 N–H and O–H groups in total. The average molecular weight is 222 g/mol. The predicted octanol–water partition coefficient (Wildman–Crippen LogP) is 3.13. The summed E-state index contributed by atoms with van der Waals surface area (Å²) in [6.45, 7) is 15.8. The van der Waals surface area contributed by atoms with Crippen LogP contribution in [0.1, 0.15) is 27.7 Å². The molecule has 0 amide bonds. The van der Waals surface area contributed by atoms with Gasteiger partial charge in [0.25, 0.3) is 0 Å². The van der Waals surface area contributed by atoms with Crippen LogP contribution in [-0.2, 0) is 0 Å². The molecule has 80 valence electrons. The summed E-state index contributed by atoms with van der Waals surface area (Å²) in [4.78, 5) is 2.48. The zero-order chi connectivity index (χ0) is 10.7. The van der Waals surface area contributed by atoms with E-state index in [0.717, 1.165) is 13.1 Å². The maximum atomic E-state index is 6.42. The molecule has 0 unspecified atom stereocenters. The standard InChI is InChI=1S/C10H24ClNSi/c1-7-12(8-2)9-13(5,6)10(3,4)11/h7-9H2,1-6H3. The summed E-state index contributed by atoms with van der Waals surface area (Å²) in [5.41, 5.74) is 0. The highest BCUT2D eigenvalue weighted by Gasteiger charge is 2.38. The molecule has 0 aromatic carbocycles. The summed E-state index contributed by atoms with van der Waals surface area (Å²) in [5, 5.41) is 0. The molecule has 0 aromatic heterocycles. The van der Waals surface area contributed by atoms with Crippen molar-refractivity contribution in [3.05, 3.63) is 0 Å². The zero-order valence-electron chi connectivity index (χ0n) is 9.95. The lowest BCUT2D eigenvalue weighted by Crippen LogP contribution is -2.54. The number of hydrogen-bond donors (Lipinski definition) is 0. The maximum Gasteiger partial charge on any atom is 0.0859 e. The highest BCUT2D eigenvalue weighted by atomic mass is 35.5. The average Bonchev–Trinajstić information content (AvgIpc) is 1.98. The van der Waals surface area contributed by atoms with Crippen LogP contribution < -0.4 is 0 Å². The summed E-state index contributed by atoms with van der Waals surface area (Å²) in [6.07, 6.45) is 1.20. The highest BCUT2D eigenvalue weighted by molar-refractivity contribution is 6.87. The van der Waals surface area contributed by atoms with Gasteiger partial charge in [-0.2, -0.15) is 0 Å². The molecule has 0 spiro atoms. The van der Waals surface area contributed by atoms with Crippen LogP contribution in [-0.4, -0.2) is 36.7 Å². The molecular formula is C10H24ClNSi. The van der Waals surface area contributed by atoms with Crippen molar-refractivity contribution in [1.82, 2.24) is 4.90 Å². The number of hydrogen-bond acceptors (Lipinski definition) is 1. The first-order valence-corrected chi connectivity index (χ1v) is 8.74. The number of rotatable bonds is 5. The van der Waals surface area contributed by atoms with Crippen molar-refractivity contribution in [3.8, 4) is 0 Å². The van der Waals surface area contributed by atoms with E-state index in [4.69, 9.17) is 11.6 Å². The molecule has 0 rings (SSSR count). The number of halogens is 1. The van der Waals surface area contributed by atoms with E-state index in [1.165, 1.54) is 6.17 Å². The van der Waals surface area contributed by atoms with Crippen LogP contribution in [0.2, 0.25) is 13.1 Å². The van der Waals surface area contributed by atoms with Gasteiger partial charge in [-0.3, -0.25) is 0 Å². The van der Waals surface area contributed by atoms with Crippen LogP contribution in [0, 0.1) is 0 Å². The third-order valence-corrected chi connectivity index (χ3v) is 9.11. The second-order valence-electron chi connectivity index (χ2n) is 4.82. The van der Waals surface area contributed by atoms with Crippen molar-refractivity contribution in [2.24, 2.45) is 0 Å². The van der Waals surface area contributed by atoms with Crippen molar-refractivity contribution in [1.29, 1.82) is 0 Å². The number of nitrogens with zero attached hydrogens (tertiary/aromatic N) is 1. The fraction of sp³-hybridized carbons (Fsp3) is 1.00. The largest absolute Gasteiger partial charge is 0.307 e. The van der Waals surface area contributed by atoms with Crippen molar-refractivity contribution < 1.29 is 0 Å². The minimum Gasteiger partial charge on any atom is -0.307 e. The van der Waals surface area contributed by atoms with Crippen molar-refractivity contribution in [2.75, 3.05) is 19.3 Å². The molecule has 0 radical (unpaired) electrons. The Balaban J connectivity index is 4.31. The van der Waals surface area contributed by atoms with Crippen LogP contribution in [0.25, 0.3) is 0 Å². The molecule has 0 aromatic rings. The second kappa shape index (κ2) is 4.81. The first-order chi connectivity index (χ1) is 5.74. The van der Waals surface area contributed by atoms with Gasteiger partial charge in [0, 0.05) is 4.50 Å². The Morgan fingerprint density at radius 3 is 1.77 bits per heavy atom. The minimum atomic E-state index is -1.32. The van der Waals surface area contributed by atoms with Crippen molar-refractivity contribution in [2.45, 2.75) is 45.3 Å². The van der Waals surface area contributed by atoms with E-state index >= 15 is 0 Å². The highest BCUT2D eigenvalue weighted by Crippen LogP contribution is 2.27. The third kappa shape index (κ3) is 4.01. The lowest BCUT2D eigenvalue weighted by Gasteiger charge is -2.38. The number of alkyl halides is 1. The van der Waals surface area contributed by atoms with Gasteiger partial charge in [0.1, 0.15) is 0 Å². The Kier molecular flexibility index (Phi) is 4.98. The lowest BCUT2D eigenvalue weighted by atomic mass is 10.5. The monoisotopic (exact) mass is 221 g/mol. The maximum absolute atomic E-state index is 6.42. The summed E-state index contributed by atoms with van der Waals surface area (Å²) in [5.74, 6) is 0. The van der Waals surface area contributed by atoms with Gasteiger partial charge in [-0.05, 0) is 33.1 Å². The molecule has 0 fully saturated rings. The summed E-state index contributed by atoms with van der Waals surface area (Å²) < 4.78 is -0.00438. The molecule has 1 nitrogen and oxygen atoms in total. The SMILES string of the molecule is CCN(CC)C[Si](C)(C)C(C)(C)Cl. The van der Waals surface area contributed by atoms with E-state index in [1.807, 2.05) is 0 Å². The van der Waals surface area contributed by atoms with Crippen LogP contribution >= 0.6 is 11.6 Å². The Labute approximate surface area is 89.5 Å². The van der Waals surface area contributed by atoms with Crippen molar-refractivity contribution >= 4 is 19.7 Å². The fourth-order valence-corrected chi connectivity index (χ4v) is 3.31. The van der Waals surface area contributed by atoms with Gasteiger partial charge in [-0.25, -0.2) is 0 Å². The van der Waals surface area contributed by atoms with Gasteiger partial charge in [0.05, 0.1) is 8.07 Å². The van der Waals surface area contributed by atoms with Crippen molar-refractivity contribution in [3.63, 3.8) is 0 Å². The summed E-state index contributed by atoms with van der Waals surface area (Å²) in [6, 6.07) is 0. The minimum absolute atomic E-state index is 0.00438. The van der Waals surface area contributed by atoms with Gasteiger partial charge in [0.15, 0.2) is 0 Å². The smallest absolute Gasteiger partial charge is 0.0859 e. The van der Waals surface area contributed by atoms with E-state index in [9.17, 15) is 0 Å². The summed E-state index contributed by atoms with van der Waals surface area (Å²) in [7, 11) is -1.32. The van der Waals surface area contributed by atoms with Gasteiger partial charge in [-0.15, -0.1) is 11.6 Å². The zero-order valence-corrected chi connectivity index (χ0v) is 11.7. The van der Waals surface area contributed by atoms with Crippen LogP contribution in [0.4, 0.5) is 0 Å². The topological polar surface area (TPSA) is 3.24 Å². The van der Waals surface area contributed by atoms with Gasteiger partial charge in [-0.1, -0.05) is 26.9 Å². The Morgan fingerprint density at radius 1 is 1.15 bits per heavy atom.